The third-order valence-corrected chi connectivity index (χ3v) is 4.43. The van der Waals surface area contributed by atoms with Gasteiger partial charge in [0, 0.05) is 17.5 Å². The first-order chi connectivity index (χ1) is 11.5. The van der Waals surface area contributed by atoms with Crippen molar-refractivity contribution in [3.63, 3.8) is 0 Å². The lowest BCUT2D eigenvalue weighted by Crippen LogP contribution is -2.27. The second-order valence-electron chi connectivity index (χ2n) is 6.48. The molecular formula is C19H23N3O2. The molecule has 3 rings (SSSR count). The Hall–Kier alpha value is -2.53. The summed E-state index contributed by atoms with van der Waals surface area (Å²) in [6, 6.07) is 12.0. The van der Waals surface area contributed by atoms with Gasteiger partial charge in [0.05, 0.1) is 25.3 Å². The van der Waals surface area contributed by atoms with Crippen LogP contribution < -0.4 is 15.2 Å². The molecule has 0 bridgehead atoms. The number of nitrogens with two attached hydrogens (primary N) is 1. The minimum atomic E-state index is -0.0667. The standard InChI is InChI=1S/C19H23N3O2/c1-19(2,11-20)13-6-7-14-15(10-13)22-18(21-14)12-5-8-16(23-3)17(9-12)24-4/h5-10H,11,20H2,1-4H3,(H,21,22). The van der Waals surface area contributed by atoms with Crippen LogP contribution in [0.3, 0.4) is 0 Å². The molecule has 0 unspecified atom stereocenters. The van der Waals surface area contributed by atoms with Crippen molar-refractivity contribution in [3.8, 4) is 22.9 Å². The van der Waals surface area contributed by atoms with Crippen LogP contribution in [0.5, 0.6) is 11.5 Å². The molecule has 1 aromatic heterocycles. The van der Waals surface area contributed by atoms with E-state index >= 15 is 0 Å². The number of nitrogens with one attached hydrogen (secondary N) is 1. The van der Waals surface area contributed by atoms with Crippen molar-refractivity contribution < 1.29 is 9.47 Å². The summed E-state index contributed by atoms with van der Waals surface area (Å²) in [5.74, 6) is 2.18. The van der Waals surface area contributed by atoms with Crippen LogP contribution in [0.4, 0.5) is 0 Å². The number of fused-ring (bicyclic) bond motifs is 1. The molecule has 3 aromatic rings. The van der Waals surface area contributed by atoms with Gasteiger partial charge in [-0.2, -0.15) is 0 Å². The fourth-order valence-electron chi connectivity index (χ4n) is 2.67. The first-order valence-electron chi connectivity index (χ1n) is 7.91. The Morgan fingerprint density at radius 1 is 1.04 bits per heavy atom. The Kier molecular flexibility index (Phi) is 4.20. The topological polar surface area (TPSA) is 73.2 Å². The zero-order valence-corrected chi connectivity index (χ0v) is 14.5. The quantitative estimate of drug-likeness (QED) is 0.753. The molecule has 2 aromatic carbocycles. The Morgan fingerprint density at radius 3 is 2.46 bits per heavy atom. The third kappa shape index (κ3) is 2.83. The van der Waals surface area contributed by atoms with E-state index in [4.69, 9.17) is 15.2 Å². The summed E-state index contributed by atoms with van der Waals surface area (Å²) in [5.41, 5.74) is 9.89. The summed E-state index contributed by atoms with van der Waals surface area (Å²) in [5, 5.41) is 0. The van der Waals surface area contributed by atoms with Gasteiger partial charge in [-0.25, -0.2) is 4.98 Å². The van der Waals surface area contributed by atoms with Gasteiger partial charge in [0.2, 0.25) is 0 Å². The maximum atomic E-state index is 5.89. The summed E-state index contributed by atoms with van der Waals surface area (Å²) in [6.45, 7) is 4.87. The second kappa shape index (κ2) is 6.17. The maximum Gasteiger partial charge on any atom is 0.161 e. The third-order valence-electron chi connectivity index (χ3n) is 4.43. The number of aromatic nitrogens is 2. The smallest absolute Gasteiger partial charge is 0.161 e. The van der Waals surface area contributed by atoms with Crippen molar-refractivity contribution in [1.29, 1.82) is 0 Å². The van der Waals surface area contributed by atoms with E-state index in [0.29, 0.717) is 18.0 Å². The maximum absolute atomic E-state index is 5.89. The molecule has 0 fully saturated rings. The summed E-state index contributed by atoms with van der Waals surface area (Å²) < 4.78 is 10.7. The van der Waals surface area contributed by atoms with Crippen LogP contribution in [-0.2, 0) is 5.41 Å². The zero-order valence-electron chi connectivity index (χ0n) is 14.5. The molecule has 24 heavy (non-hydrogen) atoms. The molecule has 0 spiro atoms. The summed E-state index contributed by atoms with van der Waals surface area (Å²) in [4.78, 5) is 8.07. The number of benzene rings is 2. The monoisotopic (exact) mass is 325 g/mol. The van der Waals surface area contributed by atoms with Crippen molar-refractivity contribution >= 4 is 11.0 Å². The second-order valence-corrected chi connectivity index (χ2v) is 6.48. The van der Waals surface area contributed by atoms with E-state index in [1.807, 2.05) is 24.3 Å². The lowest BCUT2D eigenvalue weighted by atomic mass is 9.85. The highest BCUT2D eigenvalue weighted by molar-refractivity contribution is 5.80. The Labute approximate surface area is 141 Å². The largest absolute Gasteiger partial charge is 0.493 e. The van der Waals surface area contributed by atoms with E-state index in [2.05, 4.69) is 35.9 Å². The molecule has 0 aliphatic rings. The molecule has 0 saturated heterocycles. The van der Waals surface area contributed by atoms with Crippen molar-refractivity contribution in [2.75, 3.05) is 20.8 Å². The normalized spacial score (nSPS) is 11.7. The molecule has 0 atom stereocenters. The number of ether oxygens (including phenoxy) is 2. The van der Waals surface area contributed by atoms with Gasteiger partial charge in [-0.1, -0.05) is 19.9 Å². The number of rotatable bonds is 5. The van der Waals surface area contributed by atoms with Crippen molar-refractivity contribution in [2.45, 2.75) is 19.3 Å². The van der Waals surface area contributed by atoms with E-state index in [9.17, 15) is 0 Å². The van der Waals surface area contributed by atoms with Crippen molar-refractivity contribution in [2.24, 2.45) is 5.73 Å². The van der Waals surface area contributed by atoms with Gasteiger partial charge in [0.15, 0.2) is 11.5 Å². The van der Waals surface area contributed by atoms with Crippen LogP contribution in [0, 0.1) is 0 Å². The first kappa shape index (κ1) is 16.3. The number of nitrogens with zero attached hydrogens (tertiary/aromatic N) is 1. The predicted molar refractivity (Wildman–Crippen MR) is 96.7 cm³/mol. The fourth-order valence-corrected chi connectivity index (χ4v) is 2.67. The van der Waals surface area contributed by atoms with E-state index in [0.717, 1.165) is 22.4 Å². The van der Waals surface area contributed by atoms with Crippen LogP contribution in [-0.4, -0.2) is 30.7 Å². The number of aromatic amines is 1. The lowest BCUT2D eigenvalue weighted by molar-refractivity contribution is 0.355. The summed E-state index contributed by atoms with van der Waals surface area (Å²) >= 11 is 0. The highest BCUT2D eigenvalue weighted by Crippen LogP contribution is 2.32. The van der Waals surface area contributed by atoms with Crippen LogP contribution >= 0.6 is 0 Å². The first-order valence-corrected chi connectivity index (χ1v) is 7.91. The number of hydrogen-bond donors (Lipinski definition) is 2. The number of H-pyrrole nitrogens is 1. The van der Waals surface area contributed by atoms with Gasteiger partial charge in [0.25, 0.3) is 0 Å². The molecule has 0 saturated carbocycles. The molecule has 126 valence electrons. The van der Waals surface area contributed by atoms with E-state index in [-0.39, 0.29) is 5.41 Å². The van der Waals surface area contributed by atoms with Crippen LogP contribution in [0.25, 0.3) is 22.4 Å². The van der Waals surface area contributed by atoms with Gasteiger partial charge in [-0.15, -0.1) is 0 Å². The van der Waals surface area contributed by atoms with Crippen LogP contribution in [0.1, 0.15) is 19.4 Å². The minimum Gasteiger partial charge on any atom is -0.493 e. The van der Waals surface area contributed by atoms with E-state index < -0.39 is 0 Å². The Balaban J connectivity index is 2.05. The van der Waals surface area contributed by atoms with Crippen LogP contribution in [0.15, 0.2) is 36.4 Å². The molecule has 0 radical (unpaired) electrons. The SMILES string of the molecule is COc1ccc(-c2nc3ccc(C(C)(C)CN)cc3[nH]2)cc1OC. The van der Waals surface area contributed by atoms with Crippen LogP contribution in [0.2, 0.25) is 0 Å². The molecule has 0 aliphatic heterocycles. The molecule has 0 aliphatic carbocycles. The highest BCUT2D eigenvalue weighted by Gasteiger charge is 2.19. The fraction of sp³-hybridized carbons (Fsp3) is 0.316. The zero-order chi connectivity index (χ0) is 17.3. The average Bonchev–Trinajstić information content (AvgIpc) is 3.04. The van der Waals surface area contributed by atoms with Gasteiger partial charge in [-0.3, -0.25) is 0 Å². The van der Waals surface area contributed by atoms with E-state index in [1.165, 1.54) is 5.56 Å². The van der Waals surface area contributed by atoms with Crippen molar-refractivity contribution in [1.82, 2.24) is 9.97 Å². The lowest BCUT2D eigenvalue weighted by Gasteiger charge is -2.22. The molecule has 3 N–H and O–H groups in total. The number of imidazole rings is 1. The minimum absolute atomic E-state index is 0.0667. The highest BCUT2D eigenvalue weighted by atomic mass is 16.5. The number of hydrogen-bond acceptors (Lipinski definition) is 4. The van der Waals surface area contributed by atoms with Gasteiger partial charge < -0.3 is 20.2 Å². The molecular weight excluding hydrogens is 302 g/mol. The van der Waals surface area contributed by atoms with Crippen molar-refractivity contribution in [3.05, 3.63) is 42.0 Å². The molecule has 1 heterocycles. The van der Waals surface area contributed by atoms with E-state index in [1.54, 1.807) is 14.2 Å². The molecule has 5 heteroatoms. The summed E-state index contributed by atoms with van der Waals surface area (Å²) in [7, 11) is 3.25. The Bertz CT molecular complexity index is 868. The molecule has 0 amide bonds. The van der Waals surface area contributed by atoms with Gasteiger partial charge in [-0.05, 0) is 35.9 Å². The average molecular weight is 325 g/mol. The van der Waals surface area contributed by atoms with Gasteiger partial charge in [0.1, 0.15) is 5.82 Å². The molecule has 5 nitrogen and oxygen atoms in total. The Morgan fingerprint density at radius 2 is 1.79 bits per heavy atom. The predicted octanol–water partition coefficient (Wildman–Crippen LogP) is 3.48. The van der Waals surface area contributed by atoms with Gasteiger partial charge >= 0.3 is 0 Å². The number of methoxy groups -OCH3 is 2. The summed E-state index contributed by atoms with van der Waals surface area (Å²) in [6.07, 6.45) is 0.